The molecule has 5 heteroatoms. The van der Waals surface area contributed by atoms with E-state index in [-0.39, 0.29) is 23.7 Å². The number of amides is 2. The predicted molar refractivity (Wildman–Crippen MR) is 117 cm³/mol. The summed E-state index contributed by atoms with van der Waals surface area (Å²) in [5.41, 5.74) is 3.30. The molecule has 1 atom stereocenters. The number of carbonyl (C=O) groups is 2. The first kappa shape index (κ1) is 20.5. The Labute approximate surface area is 178 Å². The summed E-state index contributed by atoms with van der Waals surface area (Å²) in [7, 11) is 3.51. The Balaban J connectivity index is 1.53. The topological polar surface area (TPSA) is 49.9 Å². The maximum Gasteiger partial charge on any atom is 0.227 e. The van der Waals surface area contributed by atoms with Crippen LogP contribution in [0, 0.1) is 11.8 Å². The molecule has 5 nitrogen and oxygen atoms in total. The van der Waals surface area contributed by atoms with E-state index in [0.29, 0.717) is 26.1 Å². The molecule has 0 bridgehead atoms. The van der Waals surface area contributed by atoms with Crippen LogP contribution in [0.1, 0.15) is 24.8 Å². The minimum Gasteiger partial charge on any atom is -0.497 e. The van der Waals surface area contributed by atoms with E-state index < -0.39 is 0 Å². The predicted octanol–water partition coefficient (Wildman–Crippen LogP) is 3.62. The molecule has 2 aliphatic rings. The number of likely N-dealkylation sites (N-methyl/N-ethyl adjacent to an activating group) is 1. The van der Waals surface area contributed by atoms with Crippen LogP contribution in [0.2, 0.25) is 0 Å². The zero-order valence-electron chi connectivity index (χ0n) is 17.8. The van der Waals surface area contributed by atoms with Crippen LogP contribution in [-0.2, 0) is 16.0 Å². The fourth-order valence-electron chi connectivity index (χ4n) is 4.36. The molecule has 4 rings (SSSR count). The molecule has 0 spiro atoms. The van der Waals surface area contributed by atoms with Crippen LogP contribution in [0.15, 0.2) is 48.5 Å². The van der Waals surface area contributed by atoms with Crippen molar-refractivity contribution in [2.24, 2.45) is 11.8 Å². The zero-order chi connectivity index (χ0) is 21.1. The third-order valence-corrected chi connectivity index (χ3v) is 6.45. The minimum atomic E-state index is -0.206. The van der Waals surface area contributed by atoms with Gasteiger partial charge in [0.1, 0.15) is 5.75 Å². The van der Waals surface area contributed by atoms with E-state index in [2.05, 4.69) is 24.3 Å². The molecule has 0 unspecified atom stereocenters. The van der Waals surface area contributed by atoms with Crippen molar-refractivity contribution in [2.45, 2.75) is 25.7 Å². The van der Waals surface area contributed by atoms with Gasteiger partial charge in [-0.15, -0.1) is 0 Å². The number of carbonyl (C=O) groups excluding carboxylic acids is 2. The van der Waals surface area contributed by atoms with Gasteiger partial charge in [-0.1, -0.05) is 42.8 Å². The summed E-state index contributed by atoms with van der Waals surface area (Å²) in [5.74, 6) is 1.15. The third-order valence-electron chi connectivity index (χ3n) is 6.45. The molecule has 0 N–H and O–H groups in total. The maximum absolute atomic E-state index is 13.0. The molecule has 1 saturated heterocycles. The molecule has 0 radical (unpaired) electrons. The average Bonchev–Trinajstić information content (AvgIpc) is 2.86. The lowest BCUT2D eigenvalue weighted by Crippen LogP contribution is -2.42. The molecule has 2 aromatic carbocycles. The van der Waals surface area contributed by atoms with E-state index in [1.807, 2.05) is 36.2 Å². The van der Waals surface area contributed by atoms with Gasteiger partial charge in [0.25, 0.3) is 0 Å². The molecule has 2 fully saturated rings. The Bertz CT molecular complexity index is 922. The van der Waals surface area contributed by atoms with Gasteiger partial charge < -0.3 is 14.5 Å². The van der Waals surface area contributed by atoms with Gasteiger partial charge in [-0.3, -0.25) is 9.59 Å². The lowest BCUT2D eigenvalue weighted by Gasteiger charge is -2.31. The molecule has 158 valence electrons. The quantitative estimate of drug-likeness (QED) is 0.762. The highest BCUT2D eigenvalue weighted by molar-refractivity contribution is 5.83. The summed E-state index contributed by atoms with van der Waals surface area (Å²) in [5, 5.41) is 0. The van der Waals surface area contributed by atoms with Crippen LogP contribution < -0.4 is 4.74 Å². The van der Waals surface area contributed by atoms with Gasteiger partial charge in [0.05, 0.1) is 13.0 Å². The number of hydrogen-bond acceptors (Lipinski definition) is 3. The molecule has 2 aromatic rings. The van der Waals surface area contributed by atoms with E-state index in [4.69, 9.17) is 4.74 Å². The van der Waals surface area contributed by atoms with Crippen LogP contribution in [0.4, 0.5) is 0 Å². The van der Waals surface area contributed by atoms with Gasteiger partial charge >= 0.3 is 0 Å². The van der Waals surface area contributed by atoms with E-state index in [9.17, 15) is 9.59 Å². The Morgan fingerprint density at radius 2 is 1.80 bits per heavy atom. The van der Waals surface area contributed by atoms with Gasteiger partial charge in [-0.2, -0.15) is 0 Å². The summed E-state index contributed by atoms with van der Waals surface area (Å²) < 4.78 is 5.35. The van der Waals surface area contributed by atoms with Crippen molar-refractivity contribution in [3.05, 3.63) is 54.1 Å². The lowest BCUT2D eigenvalue weighted by atomic mass is 9.84. The van der Waals surface area contributed by atoms with Gasteiger partial charge in [0.2, 0.25) is 11.8 Å². The third kappa shape index (κ3) is 4.35. The molecule has 1 aliphatic heterocycles. The van der Waals surface area contributed by atoms with Crippen molar-refractivity contribution in [1.82, 2.24) is 9.80 Å². The second-order valence-electron chi connectivity index (χ2n) is 8.51. The van der Waals surface area contributed by atoms with Crippen LogP contribution >= 0.6 is 0 Å². The summed E-state index contributed by atoms with van der Waals surface area (Å²) in [6, 6.07) is 16.3. The van der Waals surface area contributed by atoms with Crippen molar-refractivity contribution in [3.63, 3.8) is 0 Å². The first-order valence-electron chi connectivity index (χ1n) is 10.8. The summed E-state index contributed by atoms with van der Waals surface area (Å²) >= 11 is 0. The highest BCUT2D eigenvalue weighted by Crippen LogP contribution is 2.30. The van der Waals surface area contributed by atoms with E-state index in [0.717, 1.165) is 41.7 Å². The van der Waals surface area contributed by atoms with Crippen molar-refractivity contribution in [1.29, 1.82) is 0 Å². The standard InChI is InChI=1S/C25H30N2O3/c1-26-12-13-27(25(29)19-7-4-8-19)17-22(24(26)28)15-18-6-3-9-20(14-18)21-10-5-11-23(16-21)30-2/h3,5-6,9-11,14,16,19,22H,4,7-8,12-13,15,17H2,1-2H3/t22-/m1/s1. The molecule has 1 saturated carbocycles. The average molecular weight is 407 g/mol. The van der Waals surface area contributed by atoms with Gasteiger partial charge in [-0.25, -0.2) is 0 Å². The van der Waals surface area contributed by atoms with Crippen LogP contribution in [0.3, 0.4) is 0 Å². The monoisotopic (exact) mass is 406 g/mol. The number of hydrogen-bond donors (Lipinski definition) is 0. The lowest BCUT2D eigenvalue weighted by molar-refractivity contribution is -0.138. The maximum atomic E-state index is 13.0. The zero-order valence-corrected chi connectivity index (χ0v) is 17.8. The second kappa shape index (κ2) is 8.90. The number of nitrogens with zero attached hydrogens (tertiary/aromatic N) is 2. The summed E-state index contributed by atoms with van der Waals surface area (Å²) in [6.45, 7) is 1.76. The Kier molecular flexibility index (Phi) is 6.07. The fraction of sp³-hybridized carbons (Fsp3) is 0.440. The first-order valence-corrected chi connectivity index (χ1v) is 10.8. The normalized spacial score (nSPS) is 19.9. The molecular weight excluding hydrogens is 376 g/mol. The Morgan fingerprint density at radius 3 is 2.50 bits per heavy atom. The van der Waals surface area contributed by atoms with Crippen molar-refractivity contribution in [2.75, 3.05) is 33.8 Å². The largest absolute Gasteiger partial charge is 0.497 e. The Morgan fingerprint density at radius 1 is 1.07 bits per heavy atom. The fourth-order valence-corrected chi connectivity index (χ4v) is 4.36. The van der Waals surface area contributed by atoms with E-state index in [1.165, 1.54) is 0 Å². The summed E-state index contributed by atoms with van der Waals surface area (Å²) in [6.07, 6.45) is 3.76. The SMILES string of the molecule is COc1cccc(-c2cccc(C[C@@H]3CN(C(=O)C4CCC4)CCN(C)C3=O)c2)c1. The minimum absolute atomic E-state index is 0.130. The van der Waals surface area contributed by atoms with Crippen molar-refractivity contribution < 1.29 is 14.3 Å². The van der Waals surface area contributed by atoms with Crippen LogP contribution in [-0.4, -0.2) is 55.4 Å². The molecular formula is C25H30N2O3. The van der Waals surface area contributed by atoms with Gasteiger partial charge in [0, 0.05) is 32.6 Å². The van der Waals surface area contributed by atoms with E-state index in [1.54, 1.807) is 12.0 Å². The van der Waals surface area contributed by atoms with E-state index >= 15 is 0 Å². The number of methoxy groups -OCH3 is 1. The Hall–Kier alpha value is -2.82. The molecule has 1 heterocycles. The first-order chi connectivity index (χ1) is 14.5. The van der Waals surface area contributed by atoms with Crippen LogP contribution in [0.5, 0.6) is 5.75 Å². The van der Waals surface area contributed by atoms with Crippen molar-refractivity contribution in [3.8, 4) is 16.9 Å². The number of ether oxygens (including phenoxy) is 1. The molecule has 30 heavy (non-hydrogen) atoms. The smallest absolute Gasteiger partial charge is 0.227 e. The van der Waals surface area contributed by atoms with Gasteiger partial charge in [-0.05, 0) is 48.1 Å². The summed E-state index contributed by atoms with van der Waals surface area (Å²) in [4.78, 5) is 29.5. The molecule has 2 amide bonds. The van der Waals surface area contributed by atoms with Crippen LogP contribution in [0.25, 0.3) is 11.1 Å². The highest BCUT2D eigenvalue weighted by Gasteiger charge is 2.35. The van der Waals surface area contributed by atoms with Gasteiger partial charge in [0.15, 0.2) is 0 Å². The molecule has 1 aliphatic carbocycles. The number of benzene rings is 2. The highest BCUT2D eigenvalue weighted by atomic mass is 16.5. The second-order valence-corrected chi connectivity index (χ2v) is 8.51. The van der Waals surface area contributed by atoms with Crippen molar-refractivity contribution >= 4 is 11.8 Å². The molecule has 0 aromatic heterocycles. The number of rotatable bonds is 5.